The molecule has 92 valence electrons. The summed E-state index contributed by atoms with van der Waals surface area (Å²) in [6.07, 6.45) is -0.633. The normalized spacial score (nSPS) is 22.4. The van der Waals surface area contributed by atoms with Crippen molar-refractivity contribution in [2.45, 2.75) is 12.6 Å². The van der Waals surface area contributed by atoms with Crippen LogP contribution in [-0.4, -0.2) is 26.4 Å². The molecule has 1 aromatic carbocycles. The maximum Gasteiger partial charge on any atom is 0.186 e. The van der Waals surface area contributed by atoms with Gasteiger partial charge in [0, 0.05) is 16.8 Å². The molecule has 2 N–H and O–H groups in total. The number of nitrogens with two attached hydrogens (primary N) is 1. The van der Waals surface area contributed by atoms with Gasteiger partial charge in [-0.3, -0.25) is 0 Å². The van der Waals surface area contributed by atoms with Crippen molar-refractivity contribution in [3.8, 4) is 0 Å². The van der Waals surface area contributed by atoms with E-state index in [0.29, 0.717) is 32.1 Å². The quantitative estimate of drug-likeness (QED) is 0.787. The minimum atomic E-state index is -0.338. The zero-order valence-corrected chi connectivity index (χ0v) is 9.43. The number of benzene rings is 1. The molecule has 17 heavy (non-hydrogen) atoms. The fraction of sp³-hybridized carbons (Fsp3) is 0.500. The maximum atomic E-state index is 6.00. The van der Waals surface area contributed by atoms with Crippen LogP contribution in [0.1, 0.15) is 23.7 Å². The summed E-state index contributed by atoms with van der Waals surface area (Å²) in [5.74, 6) is 0. The Morgan fingerprint density at radius 1 is 0.882 bits per heavy atom. The van der Waals surface area contributed by atoms with Crippen molar-refractivity contribution in [2.24, 2.45) is 0 Å². The fourth-order valence-electron chi connectivity index (χ4n) is 2.04. The third kappa shape index (κ3) is 2.14. The Morgan fingerprint density at radius 2 is 1.47 bits per heavy atom. The van der Waals surface area contributed by atoms with Gasteiger partial charge < -0.3 is 24.7 Å². The van der Waals surface area contributed by atoms with E-state index in [1.165, 1.54) is 0 Å². The molecule has 5 nitrogen and oxygen atoms in total. The van der Waals surface area contributed by atoms with Crippen LogP contribution in [0.3, 0.4) is 0 Å². The molecule has 0 spiro atoms. The summed E-state index contributed by atoms with van der Waals surface area (Å²) in [4.78, 5) is 0. The molecule has 1 aromatic rings. The van der Waals surface area contributed by atoms with E-state index in [0.717, 1.165) is 11.1 Å². The highest BCUT2D eigenvalue weighted by atomic mass is 16.7. The molecule has 0 saturated carbocycles. The van der Waals surface area contributed by atoms with Crippen LogP contribution >= 0.6 is 0 Å². The van der Waals surface area contributed by atoms with E-state index < -0.39 is 0 Å². The van der Waals surface area contributed by atoms with Crippen molar-refractivity contribution in [3.63, 3.8) is 0 Å². The Hall–Kier alpha value is -1.14. The van der Waals surface area contributed by atoms with Gasteiger partial charge in [-0.2, -0.15) is 0 Å². The zero-order valence-electron chi connectivity index (χ0n) is 9.43. The summed E-state index contributed by atoms with van der Waals surface area (Å²) >= 11 is 0. The van der Waals surface area contributed by atoms with E-state index in [9.17, 15) is 0 Å². The van der Waals surface area contributed by atoms with Gasteiger partial charge in [-0.25, -0.2) is 0 Å². The zero-order chi connectivity index (χ0) is 11.7. The second-order valence-electron chi connectivity index (χ2n) is 4.04. The molecule has 0 unspecified atom stereocenters. The molecule has 3 rings (SSSR count). The molecular formula is C12H15NO4. The highest BCUT2D eigenvalue weighted by molar-refractivity contribution is 5.50. The van der Waals surface area contributed by atoms with Gasteiger partial charge in [0.1, 0.15) is 0 Å². The Bertz CT molecular complexity index is 397. The molecule has 0 amide bonds. The average Bonchev–Trinajstić information content (AvgIpc) is 3.02. The second-order valence-corrected chi connectivity index (χ2v) is 4.04. The lowest BCUT2D eigenvalue weighted by atomic mass is 10.1. The number of hydrogen-bond donors (Lipinski definition) is 1. The summed E-state index contributed by atoms with van der Waals surface area (Å²) in [5.41, 5.74) is 8.44. The largest absolute Gasteiger partial charge is 0.398 e. The van der Waals surface area contributed by atoms with Gasteiger partial charge in [0.25, 0.3) is 0 Å². The second kappa shape index (κ2) is 4.62. The summed E-state index contributed by atoms with van der Waals surface area (Å²) in [5, 5.41) is 0. The first-order chi connectivity index (χ1) is 8.34. The summed E-state index contributed by atoms with van der Waals surface area (Å²) in [6.45, 7) is 2.48. The standard InChI is InChI=1S/C12H15NO4/c13-10-7-8(11-14-3-4-15-11)1-2-9(10)12-16-5-6-17-12/h1-2,7,11-12H,3-6,13H2. The highest BCUT2D eigenvalue weighted by Gasteiger charge is 2.23. The Morgan fingerprint density at radius 3 is 2.06 bits per heavy atom. The van der Waals surface area contributed by atoms with Crippen LogP contribution < -0.4 is 5.73 Å². The molecule has 0 aliphatic carbocycles. The first-order valence-electron chi connectivity index (χ1n) is 5.70. The van der Waals surface area contributed by atoms with Crippen LogP contribution in [0.25, 0.3) is 0 Å². The van der Waals surface area contributed by atoms with Gasteiger partial charge in [0.2, 0.25) is 0 Å². The van der Waals surface area contributed by atoms with Crippen molar-refractivity contribution in [2.75, 3.05) is 32.2 Å². The number of nitrogen functional groups attached to an aromatic ring is 1. The fourth-order valence-corrected chi connectivity index (χ4v) is 2.04. The molecule has 0 bridgehead atoms. The molecule has 0 aromatic heterocycles. The van der Waals surface area contributed by atoms with Gasteiger partial charge in [0.15, 0.2) is 12.6 Å². The first kappa shape index (κ1) is 11.0. The number of anilines is 1. The predicted molar refractivity (Wildman–Crippen MR) is 60.1 cm³/mol. The topological polar surface area (TPSA) is 62.9 Å². The van der Waals surface area contributed by atoms with E-state index in [-0.39, 0.29) is 12.6 Å². The van der Waals surface area contributed by atoms with Crippen molar-refractivity contribution < 1.29 is 18.9 Å². The molecule has 2 saturated heterocycles. The summed E-state index contributed by atoms with van der Waals surface area (Å²) < 4.78 is 21.7. The minimum Gasteiger partial charge on any atom is -0.398 e. The van der Waals surface area contributed by atoms with E-state index in [4.69, 9.17) is 24.7 Å². The van der Waals surface area contributed by atoms with E-state index in [1.54, 1.807) is 0 Å². The Balaban J connectivity index is 1.82. The Labute approximate surface area is 99.4 Å². The minimum absolute atomic E-state index is 0.295. The smallest absolute Gasteiger partial charge is 0.186 e. The monoisotopic (exact) mass is 237 g/mol. The van der Waals surface area contributed by atoms with Crippen LogP contribution in [0.5, 0.6) is 0 Å². The molecule has 5 heteroatoms. The summed E-state index contributed by atoms with van der Waals surface area (Å²) in [6, 6.07) is 5.70. The van der Waals surface area contributed by atoms with Crippen LogP contribution in [-0.2, 0) is 18.9 Å². The number of rotatable bonds is 2. The highest BCUT2D eigenvalue weighted by Crippen LogP contribution is 2.32. The summed E-state index contributed by atoms with van der Waals surface area (Å²) in [7, 11) is 0. The molecular weight excluding hydrogens is 222 g/mol. The van der Waals surface area contributed by atoms with E-state index in [2.05, 4.69) is 0 Å². The van der Waals surface area contributed by atoms with Crippen molar-refractivity contribution >= 4 is 5.69 Å². The molecule has 2 fully saturated rings. The van der Waals surface area contributed by atoms with Gasteiger partial charge in [0.05, 0.1) is 26.4 Å². The average molecular weight is 237 g/mol. The molecule has 2 aliphatic heterocycles. The maximum absolute atomic E-state index is 6.00. The SMILES string of the molecule is Nc1cc(C2OCCO2)ccc1C1OCCO1. The molecule has 2 heterocycles. The predicted octanol–water partition coefficient (Wildman–Crippen LogP) is 1.36. The number of ether oxygens (including phenoxy) is 4. The third-order valence-corrected chi connectivity index (χ3v) is 2.88. The van der Waals surface area contributed by atoms with E-state index in [1.807, 2.05) is 18.2 Å². The third-order valence-electron chi connectivity index (χ3n) is 2.88. The molecule has 0 radical (unpaired) electrons. The first-order valence-corrected chi connectivity index (χ1v) is 5.70. The van der Waals surface area contributed by atoms with Gasteiger partial charge in [-0.1, -0.05) is 12.1 Å². The molecule has 0 atom stereocenters. The van der Waals surface area contributed by atoms with Gasteiger partial charge >= 0.3 is 0 Å². The molecule has 2 aliphatic rings. The van der Waals surface area contributed by atoms with Crippen LogP contribution in [0.15, 0.2) is 18.2 Å². The van der Waals surface area contributed by atoms with Crippen molar-refractivity contribution in [1.82, 2.24) is 0 Å². The van der Waals surface area contributed by atoms with Crippen LogP contribution in [0, 0.1) is 0 Å². The lowest BCUT2D eigenvalue weighted by Crippen LogP contribution is -2.05. The van der Waals surface area contributed by atoms with Crippen LogP contribution in [0.4, 0.5) is 5.69 Å². The van der Waals surface area contributed by atoms with Gasteiger partial charge in [-0.15, -0.1) is 0 Å². The van der Waals surface area contributed by atoms with Crippen molar-refractivity contribution in [1.29, 1.82) is 0 Å². The Kier molecular flexibility index (Phi) is 2.98. The lowest BCUT2D eigenvalue weighted by molar-refractivity contribution is -0.0464. The van der Waals surface area contributed by atoms with Crippen molar-refractivity contribution in [3.05, 3.63) is 29.3 Å². The van der Waals surface area contributed by atoms with Gasteiger partial charge in [-0.05, 0) is 6.07 Å². The van der Waals surface area contributed by atoms with E-state index >= 15 is 0 Å². The lowest BCUT2D eigenvalue weighted by Gasteiger charge is -2.15. The number of hydrogen-bond acceptors (Lipinski definition) is 5. The van der Waals surface area contributed by atoms with Crippen LogP contribution in [0.2, 0.25) is 0 Å².